The minimum Gasteiger partial charge on any atom is -0.441 e. The molecule has 0 unspecified atom stereocenters. The van der Waals surface area contributed by atoms with Crippen LogP contribution in [0.5, 0.6) is 0 Å². The number of nitrogens with one attached hydrogen (secondary N) is 1. The molecule has 4 nitrogen and oxygen atoms in total. The molecule has 1 heterocycles. The van der Waals surface area contributed by atoms with Gasteiger partial charge in [-0.05, 0) is 36.8 Å². The molecule has 1 aromatic heterocycles. The van der Waals surface area contributed by atoms with E-state index in [2.05, 4.69) is 10.3 Å². The summed E-state index contributed by atoms with van der Waals surface area (Å²) < 4.78 is 5.74. The number of hydrogen-bond acceptors (Lipinski definition) is 4. The van der Waals surface area contributed by atoms with E-state index in [0.29, 0.717) is 29.0 Å². The van der Waals surface area contributed by atoms with Crippen LogP contribution in [0, 0.1) is 6.92 Å². The van der Waals surface area contributed by atoms with Crippen molar-refractivity contribution in [3.63, 3.8) is 0 Å². The van der Waals surface area contributed by atoms with Crippen LogP contribution in [0.25, 0.3) is 11.5 Å². The standard InChI is InChI=1S/C20H19ClN2O2S/c1-14-18(23-20(25-14)16-7-9-17(21)10-8-16)12-26-13-19(24)22-11-15-5-3-2-4-6-15/h2-10H,11-13H2,1H3,(H,22,24). The first-order valence-electron chi connectivity index (χ1n) is 8.22. The van der Waals surface area contributed by atoms with Crippen molar-refractivity contribution >= 4 is 29.3 Å². The molecule has 0 fully saturated rings. The van der Waals surface area contributed by atoms with E-state index in [-0.39, 0.29) is 5.91 Å². The predicted molar refractivity (Wildman–Crippen MR) is 106 cm³/mol. The maximum absolute atomic E-state index is 12.0. The molecule has 0 atom stereocenters. The number of benzene rings is 2. The van der Waals surface area contributed by atoms with Gasteiger partial charge in [-0.3, -0.25) is 4.79 Å². The lowest BCUT2D eigenvalue weighted by Gasteiger charge is -2.04. The third-order valence-corrected chi connectivity index (χ3v) is 4.98. The lowest BCUT2D eigenvalue weighted by atomic mass is 10.2. The van der Waals surface area contributed by atoms with Crippen LogP contribution in [-0.2, 0) is 17.1 Å². The summed E-state index contributed by atoms with van der Waals surface area (Å²) in [6.45, 7) is 2.43. The number of halogens is 1. The molecule has 0 spiro atoms. The topological polar surface area (TPSA) is 55.1 Å². The summed E-state index contributed by atoms with van der Waals surface area (Å²) in [6, 6.07) is 17.2. The van der Waals surface area contributed by atoms with E-state index in [1.165, 1.54) is 11.8 Å². The molecule has 134 valence electrons. The van der Waals surface area contributed by atoms with Gasteiger partial charge in [-0.1, -0.05) is 41.9 Å². The van der Waals surface area contributed by atoms with Crippen molar-refractivity contribution in [2.75, 3.05) is 5.75 Å². The minimum atomic E-state index is 0.0120. The van der Waals surface area contributed by atoms with Gasteiger partial charge in [0.2, 0.25) is 11.8 Å². The van der Waals surface area contributed by atoms with Crippen LogP contribution < -0.4 is 5.32 Å². The lowest BCUT2D eigenvalue weighted by molar-refractivity contribution is -0.118. The molecular weight excluding hydrogens is 368 g/mol. The van der Waals surface area contributed by atoms with Gasteiger partial charge in [0.15, 0.2) is 0 Å². The second kappa shape index (κ2) is 8.92. The summed E-state index contributed by atoms with van der Waals surface area (Å²) in [5.74, 6) is 2.37. The van der Waals surface area contributed by atoms with Gasteiger partial charge in [-0.2, -0.15) is 0 Å². The Labute approximate surface area is 162 Å². The Bertz CT molecular complexity index is 863. The fourth-order valence-electron chi connectivity index (χ4n) is 2.37. The molecule has 0 saturated heterocycles. The molecule has 0 aliphatic heterocycles. The number of aromatic nitrogens is 1. The van der Waals surface area contributed by atoms with Crippen LogP contribution in [-0.4, -0.2) is 16.6 Å². The van der Waals surface area contributed by atoms with Crippen molar-refractivity contribution in [1.82, 2.24) is 10.3 Å². The van der Waals surface area contributed by atoms with Gasteiger partial charge in [0, 0.05) is 22.9 Å². The van der Waals surface area contributed by atoms with Gasteiger partial charge >= 0.3 is 0 Å². The average Bonchev–Trinajstić information content (AvgIpc) is 3.02. The first-order chi connectivity index (χ1) is 12.6. The Hall–Kier alpha value is -2.24. The molecule has 6 heteroatoms. The van der Waals surface area contributed by atoms with E-state index in [4.69, 9.17) is 16.0 Å². The molecular formula is C20H19ClN2O2S. The Morgan fingerprint density at radius 2 is 1.88 bits per heavy atom. The first-order valence-corrected chi connectivity index (χ1v) is 9.75. The van der Waals surface area contributed by atoms with Crippen LogP contribution in [0.4, 0.5) is 0 Å². The zero-order chi connectivity index (χ0) is 18.4. The molecule has 26 heavy (non-hydrogen) atoms. The quantitative estimate of drug-likeness (QED) is 0.630. The van der Waals surface area contributed by atoms with Gasteiger partial charge in [0.1, 0.15) is 5.76 Å². The zero-order valence-corrected chi connectivity index (χ0v) is 15.9. The van der Waals surface area contributed by atoms with E-state index < -0.39 is 0 Å². The number of aryl methyl sites for hydroxylation is 1. The molecule has 0 saturated carbocycles. The highest BCUT2D eigenvalue weighted by Crippen LogP contribution is 2.25. The summed E-state index contributed by atoms with van der Waals surface area (Å²) in [7, 11) is 0. The largest absolute Gasteiger partial charge is 0.441 e. The summed E-state index contributed by atoms with van der Waals surface area (Å²) in [4.78, 5) is 16.5. The van der Waals surface area contributed by atoms with Crippen LogP contribution in [0.2, 0.25) is 5.02 Å². The van der Waals surface area contributed by atoms with E-state index in [1.807, 2.05) is 61.5 Å². The van der Waals surface area contributed by atoms with Crippen molar-refractivity contribution in [2.24, 2.45) is 0 Å². The highest BCUT2D eigenvalue weighted by molar-refractivity contribution is 7.99. The van der Waals surface area contributed by atoms with Crippen molar-refractivity contribution in [1.29, 1.82) is 0 Å². The van der Waals surface area contributed by atoms with E-state index >= 15 is 0 Å². The summed E-state index contributed by atoms with van der Waals surface area (Å²) in [5.41, 5.74) is 2.83. The number of amides is 1. The van der Waals surface area contributed by atoms with Crippen LogP contribution >= 0.6 is 23.4 Å². The van der Waals surface area contributed by atoms with Crippen molar-refractivity contribution < 1.29 is 9.21 Å². The third kappa shape index (κ3) is 5.13. The van der Waals surface area contributed by atoms with E-state index in [9.17, 15) is 4.79 Å². The van der Waals surface area contributed by atoms with Gasteiger partial charge in [0.25, 0.3) is 0 Å². The molecule has 0 aliphatic carbocycles. The highest BCUT2D eigenvalue weighted by atomic mass is 35.5. The number of oxazole rings is 1. The van der Waals surface area contributed by atoms with Crippen molar-refractivity contribution in [3.05, 3.63) is 76.6 Å². The maximum atomic E-state index is 12.0. The molecule has 0 bridgehead atoms. The Morgan fingerprint density at radius 3 is 2.62 bits per heavy atom. The number of nitrogens with zero attached hydrogens (tertiary/aromatic N) is 1. The maximum Gasteiger partial charge on any atom is 0.230 e. The molecule has 3 rings (SSSR count). The molecule has 0 aliphatic rings. The Balaban J connectivity index is 1.49. The molecule has 1 amide bonds. The first kappa shape index (κ1) is 18.5. The summed E-state index contributed by atoms with van der Waals surface area (Å²) >= 11 is 7.43. The number of carbonyl (C=O) groups excluding carboxylic acids is 1. The minimum absolute atomic E-state index is 0.0120. The number of carbonyl (C=O) groups is 1. The van der Waals surface area contributed by atoms with Crippen LogP contribution in [0.15, 0.2) is 59.0 Å². The van der Waals surface area contributed by atoms with Gasteiger partial charge in [-0.15, -0.1) is 11.8 Å². The molecule has 1 N–H and O–H groups in total. The fourth-order valence-corrected chi connectivity index (χ4v) is 3.34. The molecule has 0 radical (unpaired) electrons. The number of hydrogen-bond donors (Lipinski definition) is 1. The summed E-state index contributed by atoms with van der Waals surface area (Å²) in [5, 5.41) is 3.60. The van der Waals surface area contributed by atoms with Crippen LogP contribution in [0.3, 0.4) is 0 Å². The second-order valence-corrected chi connectivity index (χ2v) is 7.21. The van der Waals surface area contributed by atoms with Crippen LogP contribution in [0.1, 0.15) is 17.0 Å². The monoisotopic (exact) mass is 386 g/mol. The van der Waals surface area contributed by atoms with E-state index in [1.54, 1.807) is 0 Å². The van der Waals surface area contributed by atoms with Crippen molar-refractivity contribution in [2.45, 2.75) is 19.2 Å². The predicted octanol–water partition coefficient (Wildman–Crippen LogP) is 4.85. The number of rotatable bonds is 7. The SMILES string of the molecule is Cc1oc(-c2ccc(Cl)cc2)nc1CSCC(=O)NCc1ccccc1. The van der Waals surface area contributed by atoms with Gasteiger partial charge in [-0.25, -0.2) is 4.98 Å². The van der Waals surface area contributed by atoms with Crippen molar-refractivity contribution in [3.8, 4) is 11.5 Å². The molecule has 3 aromatic rings. The lowest BCUT2D eigenvalue weighted by Crippen LogP contribution is -2.24. The summed E-state index contributed by atoms with van der Waals surface area (Å²) in [6.07, 6.45) is 0. The van der Waals surface area contributed by atoms with Gasteiger partial charge in [0.05, 0.1) is 11.4 Å². The average molecular weight is 387 g/mol. The van der Waals surface area contributed by atoms with Gasteiger partial charge < -0.3 is 9.73 Å². The third-order valence-electron chi connectivity index (χ3n) is 3.79. The smallest absolute Gasteiger partial charge is 0.230 e. The van der Waals surface area contributed by atoms with E-state index in [0.717, 1.165) is 22.6 Å². The fraction of sp³-hybridized carbons (Fsp3) is 0.200. The zero-order valence-electron chi connectivity index (χ0n) is 14.4. The Kier molecular flexibility index (Phi) is 6.36. The normalized spacial score (nSPS) is 10.7. The Morgan fingerprint density at radius 1 is 1.15 bits per heavy atom. The highest BCUT2D eigenvalue weighted by Gasteiger charge is 2.12. The second-order valence-electron chi connectivity index (χ2n) is 5.78. The molecule has 2 aromatic carbocycles. The number of thioether (sulfide) groups is 1.